The minimum Gasteiger partial charge on any atom is -0.455 e. The summed E-state index contributed by atoms with van der Waals surface area (Å²) in [4.78, 5) is 61.1. The number of amides is 3. The number of rotatable bonds is 16. The first-order chi connectivity index (χ1) is 24.7. The zero-order chi connectivity index (χ0) is 36.3. The molecule has 2 bridgehead atoms. The van der Waals surface area contributed by atoms with Crippen LogP contribution in [-0.4, -0.2) is 109 Å². The fourth-order valence-electron chi connectivity index (χ4n) is 8.04. The predicted molar refractivity (Wildman–Crippen MR) is 187 cm³/mol. The Balaban J connectivity index is 1.30. The molecule has 3 saturated heterocycles. The van der Waals surface area contributed by atoms with Gasteiger partial charge in [0.2, 0.25) is 17.7 Å². The average Bonchev–Trinajstić information content (AvgIpc) is 3.90. The van der Waals surface area contributed by atoms with Crippen molar-refractivity contribution < 1.29 is 33.8 Å². The summed E-state index contributed by atoms with van der Waals surface area (Å²) in [5.74, 6) is -3.40. The number of hydrogen-bond donors (Lipinski definition) is 1. The molecule has 3 aliphatic heterocycles. The highest BCUT2D eigenvalue weighted by Crippen LogP contribution is 2.59. The van der Waals surface area contributed by atoms with Crippen LogP contribution < -0.4 is 0 Å². The van der Waals surface area contributed by atoms with Gasteiger partial charge in [-0.1, -0.05) is 59.8 Å². The molecular formula is C38H46N6O7. The van der Waals surface area contributed by atoms with Crippen molar-refractivity contribution in [1.82, 2.24) is 29.7 Å². The SMILES string of the molecule is C=CCCC(=O)N(C)[C@@H](C)[C@@H](OC(=O)[C@@H]1[C@@H]2CC[C@]3(O2)[C@H](C(=O)N(CC=C)Cn2nnc4ccccc42)N(CCCO)C(=O)[C@@H]13)c1ccccc1. The van der Waals surface area contributed by atoms with Gasteiger partial charge in [-0.2, -0.15) is 0 Å². The summed E-state index contributed by atoms with van der Waals surface area (Å²) in [7, 11) is 1.68. The van der Waals surface area contributed by atoms with E-state index < -0.39 is 47.7 Å². The molecule has 0 radical (unpaired) electrons. The van der Waals surface area contributed by atoms with E-state index in [2.05, 4.69) is 23.5 Å². The number of para-hydroxylation sites is 1. The summed E-state index contributed by atoms with van der Waals surface area (Å²) in [5.41, 5.74) is 0.854. The fraction of sp³-hybridized carbons (Fsp3) is 0.474. The number of esters is 1. The van der Waals surface area contributed by atoms with Gasteiger partial charge in [0.25, 0.3) is 0 Å². The van der Waals surface area contributed by atoms with E-state index in [1.165, 1.54) is 4.90 Å². The summed E-state index contributed by atoms with van der Waals surface area (Å²) in [5, 5.41) is 18.3. The molecule has 0 saturated carbocycles. The number of likely N-dealkylation sites (N-methyl/N-ethyl adjacent to an activating group) is 1. The van der Waals surface area contributed by atoms with Crippen molar-refractivity contribution in [2.75, 3.05) is 26.7 Å². The molecule has 3 fully saturated rings. The molecule has 13 heteroatoms. The number of allylic oxidation sites excluding steroid dienone is 1. The molecule has 0 unspecified atom stereocenters. The summed E-state index contributed by atoms with van der Waals surface area (Å²) in [6.45, 7) is 9.53. The maximum atomic E-state index is 14.7. The van der Waals surface area contributed by atoms with Crippen LogP contribution in [0, 0.1) is 11.8 Å². The lowest BCUT2D eigenvalue weighted by Crippen LogP contribution is -2.56. The Labute approximate surface area is 297 Å². The van der Waals surface area contributed by atoms with E-state index in [0.717, 1.165) is 5.52 Å². The lowest BCUT2D eigenvalue weighted by Gasteiger charge is -2.36. The van der Waals surface area contributed by atoms with E-state index in [0.29, 0.717) is 30.3 Å². The molecule has 3 amide bonds. The second kappa shape index (κ2) is 15.2. The van der Waals surface area contributed by atoms with Gasteiger partial charge >= 0.3 is 5.97 Å². The maximum Gasteiger partial charge on any atom is 0.313 e. The summed E-state index contributed by atoms with van der Waals surface area (Å²) in [6.07, 6.45) is 3.73. The van der Waals surface area contributed by atoms with Crippen LogP contribution >= 0.6 is 0 Å². The van der Waals surface area contributed by atoms with Crippen LogP contribution in [0.3, 0.4) is 0 Å². The van der Waals surface area contributed by atoms with Crippen molar-refractivity contribution in [3.63, 3.8) is 0 Å². The normalized spacial score (nSPS) is 24.6. The number of benzene rings is 2. The minimum atomic E-state index is -1.27. The molecule has 2 aromatic carbocycles. The molecule has 7 atom stereocenters. The number of carbonyl (C=O) groups excluding carboxylic acids is 4. The Morgan fingerprint density at radius 3 is 2.61 bits per heavy atom. The van der Waals surface area contributed by atoms with E-state index in [1.54, 1.807) is 33.7 Å². The first-order valence-corrected chi connectivity index (χ1v) is 17.6. The molecule has 3 aromatic rings. The number of aliphatic hydroxyl groups excluding tert-OH is 1. The van der Waals surface area contributed by atoms with E-state index in [4.69, 9.17) is 9.47 Å². The third-order valence-corrected chi connectivity index (χ3v) is 10.6. The van der Waals surface area contributed by atoms with E-state index in [9.17, 15) is 24.3 Å². The third-order valence-electron chi connectivity index (χ3n) is 10.6. The van der Waals surface area contributed by atoms with Gasteiger partial charge in [-0.3, -0.25) is 19.2 Å². The lowest BCUT2D eigenvalue weighted by molar-refractivity contribution is -0.164. The molecule has 4 heterocycles. The Hall–Kier alpha value is -4.88. The van der Waals surface area contributed by atoms with Crippen LogP contribution in [0.1, 0.15) is 50.7 Å². The van der Waals surface area contributed by atoms with Crippen molar-refractivity contribution in [2.24, 2.45) is 11.8 Å². The fourth-order valence-corrected chi connectivity index (χ4v) is 8.04. The number of hydrogen-bond acceptors (Lipinski definition) is 9. The van der Waals surface area contributed by atoms with Crippen LogP contribution in [0.25, 0.3) is 11.0 Å². The maximum absolute atomic E-state index is 14.7. The van der Waals surface area contributed by atoms with Gasteiger partial charge in [0.1, 0.15) is 29.9 Å². The van der Waals surface area contributed by atoms with Crippen molar-refractivity contribution in [3.8, 4) is 0 Å². The molecule has 1 spiro atoms. The van der Waals surface area contributed by atoms with Crippen LogP contribution in [0.5, 0.6) is 0 Å². The van der Waals surface area contributed by atoms with Crippen LogP contribution in [-0.2, 0) is 35.3 Å². The minimum absolute atomic E-state index is 0.0508. The van der Waals surface area contributed by atoms with Gasteiger partial charge in [0.05, 0.1) is 29.5 Å². The van der Waals surface area contributed by atoms with Gasteiger partial charge in [-0.05, 0) is 50.3 Å². The number of fused-ring (bicyclic) bond motifs is 2. The molecule has 51 heavy (non-hydrogen) atoms. The van der Waals surface area contributed by atoms with Crippen molar-refractivity contribution >= 4 is 34.7 Å². The first kappa shape index (κ1) is 35.9. The highest BCUT2D eigenvalue weighted by molar-refractivity contribution is 5.98. The molecule has 1 aromatic heterocycles. The number of nitrogens with zero attached hydrogens (tertiary/aromatic N) is 6. The second-order valence-corrected chi connectivity index (χ2v) is 13.6. The smallest absolute Gasteiger partial charge is 0.313 e. The van der Waals surface area contributed by atoms with Crippen LogP contribution in [0.4, 0.5) is 0 Å². The Kier molecular flexibility index (Phi) is 10.7. The number of likely N-dealkylation sites (tertiary alicyclic amines) is 1. The summed E-state index contributed by atoms with van der Waals surface area (Å²) >= 11 is 0. The zero-order valence-corrected chi connectivity index (χ0v) is 29.2. The summed E-state index contributed by atoms with van der Waals surface area (Å²) < 4.78 is 14.6. The van der Waals surface area contributed by atoms with E-state index in [-0.39, 0.29) is 56.9 Å². The van der Waals surface area contributed by atoms with Gasteiger partial charge < -0.3 is 29.3 Å². The quantitative estimate of drug-likeness (QED) is 0.176. The van der Waals surface area contributed by atoms with E-state index in [1.807, 2.05) is 61.5 Å². The monoisotopic (exact) mass is 698 g/mol. The second-order valence-electron chi connectivity index (χ2n) is 13.6. The molecule has 270 valence electrons. The Bertz CT molecular complexity index is 1780. The van der Waals surface area contributed by atoms with Crippen LogP contribution in [0.2, 0.25) is 0 Å². The molecule has 0 aliphatic carbocycles. The van der Waals surface area contributed by atoms with Gasteiger partial charge in [-0.25, -0.2) is 4.68 Å². The van der Waals surface area contributed by atoms with Gasteiger partial charge in [0.15, 0.2) is 0 Å². The van der Waals surface area contributed by atoms with E-state index >= 15 is 0 Å². The Morgan fingerprint density at radius 2 is 1.88 bits per heavy atom. The third kappa shape index (κ3) is 6.56. The first-order valence-electron chi connectivity index (χ1n) is 17.6. The largest absolute Gasteiger partial charge is 0.455 e. The number of ether oxygens (including phenoxy) is 2. The highest BCUT2D eigenvalue weighted by Gasteiger charge is 2.75. The van der Waals surface area contributed by atoms with Crippen molar-refractivity contribution in [1.29, 1.82) is 0 Å². The highest BCUT2D eigenvalue weighted by atomic mass is 16.6. The van der Waals surface area contributed by atoms with Crippen molar-refractivity contribution in [3.05, 3.63) is 85.5 Å². The number of carbonyl (C=O) groups is 4. The molecule has 13 nitrogen and oxygen atoms in total. The molecule has 1 N–H and O–H groups in total. The molecular weight excluding hydrogens is 652 g/mol. The van der Waals surface area contributed by atoms with Crippen molar-refractivity contribution in [2.45, 2.75) is 75.6 Å². The zero-order valence-electron chi connectivity index (χ0n) is 29.2. The molecule has 3 aliphatic rings. The van der Waals surface area contributed by atoms with Crippen LogP contribution in [0.15, 0.2) is 79.9 Å². The summed E-state index contributed by atoms with van der Waals surface area (Å²) in [6, 6.07) is 15.1. The average molecular weight is 699 g/mol. The number of aromatic nitrogens is 3. The van der Waals surface area contributed by atoms with Gasteiger partial charge in [-0.15, -0.1) is 18.3 Å². The topological polar surface area (TPSA) is 147 Å². The lowest BCUT2D eigenvalue weighted by atomic mass is 9.70. The standard InChI is InChI=1S/C38H46N6O7/c1-5-7-18-30(46)41(4)25(3)33(26-14-9-8-10-15-26)50-37(49)31-29-19-20-38(51-29)32(31)35(47)43(22-13-23-45)34(38)36(48)42(21-6-2)24-44-28-17-12-11-16-27(28)39-40-44/h5-6,8-12,14-17,25,29,31-34,45H,1-2,7,13,18-24H2,3-4H3/t25-,29-,31+,32+,33+,34-,38+/m0/s1. The Morgan fingerprint density at radius 1 is 1.14 bits per heavy atom. The van der Waals surface area contributed by atoms with Gasteiger partial charge in [0, 0.05) is 33.2 Å². The number of aliphatic hydroxyl groups is 1. The predicted octanol–water partition coefficient (Wildman–Crippen LogP) is 3.26. The molecule has 6 rings (SSSR count).